The lowest BCUT2D eigenvalue weighted by Gasteiger charge is -2.31. The highest BCUT2D eigenvalue weighted by Gasteiger charge is 2.23. The highest BCUT2D eigenvalue weighted by Crippen LogP contribution is 2.35. The number of rotatable bonds is 3. The fraction of sp³-hybridized carbons (Fsp3) is 0.286. The second-order valence-corrected chi connectivity index (χ2v) is 6.67. The van der Waals surface area contributed by atoms with Crippen molar-refractivity contribution in [1.82, 2.24) is 0 Å². The number of anilines is 1. The summed E-state index contributed by atoms with van der Waals surface area (Å²) < 4.78 is 11.5. The van der Waals surface area contributed by atoms with Gasteiger partial charge in [-0.15, -0.1) is 0 Å². The first-order valence-electron chi connectivity index (χ1n) is 8.72. The molecule has 0 atom stereocenters. The molecule has 3 aromatic rings. The van der Waals surface area contributed by atoms with Gasteiger partial charge in [-0.1, -0.05) is 12.1 Å². The molecular formula is C21H21NO4. The van der Waals surface area contributed by atoms with Gasteiger partial charge < -0.3 is 19.2 Å². The topological polar surface area (TPSA) is 62.9 Å². The molecule has 5 heteroatoms. The van der Waals surface area contributed by atoms with Crippen molar-refractivity contribution >= 4 is 16.7 Å². The molecule has 0 spiro atoms. The Hall–Kier alpha value is -2.79. The molecule has 0 unspecified atom stereocenters. The minimum atomic E-state index is -0.297. The Morgan fingerprint density at radius 3 is 2.58 bits per heavy atom. The molecule has 2 aromatic carbocycles. The average Bonchev–Trinajstić information content (AvgIpc) is 2.66. The normalized spacial score (nSPS) is 13.6. The van der Waals surface area contributed by atoms with E-state index >= 15 is 0 Å². The molecule has 1 aliphatic heterocycles. The predicted octanol–water partition coefficient (Wildman–Crippen LogP) is 3.30. The lowest BCUT2D eigenvalue weighted by molar-refractivity contribution is 0.289. The SMILES string of the molecule is Cc1c(C)c2ccc3c(c2oc1=O)CN(c1ccc(CCO)cc1)CO3. The van der Waals surface area contributed by atoms with E-state index in [0.717, 1.165) is 33.5 Å². The number of nitrogens with zero attached hydrogens (tertiary/aromatic N) is 1. The van der Waals surface area contributed by atoms with Crippen molar-refractivity contribution < 1.29 is 14.3 Å². The molecule has 4 rings (SSSR count). The highest BCUT2D eigenvalue weighted by molar-refractivity contribution is 5.86. The van der Waals surface area contributed by atoms with E-state index in [2.05, 4.69) is 4.90 Å². The van der Waals surface area contributed by atoms with Gasteiger partial charge in [0.05, 0.1) is 12.1 Å². The van der Waals surface area contributed by atoms with Crippen LogP contribution in [0.4, 0.5) is 5.69 Å². The molecular weight excluding hydrogens is 330 g/mol. The van der Waals surface area contributed by atoms with Crippen molar-refractivity contribution in [1.29, 1.82) is 0 Å². The number of aliphatic hydroxyl groups is 1. The first-order valence-corrected chi connectivity index (χ1v) is 8.72. The lowest BCUT2D eigenvalue weighted by Crippen LogP contribution is -2.32. The number of benzene rings is 2. The summed E-state index contributed by atoms with van der Waals surface area (Å²) in [5.74, 6) is 0.761. The van der Waals surface area contributed by atoms with Crippen molar-refractivity contribution in [3.8, 4) is 5.75 Å². The summed E-state index contributed by atoms with van der Waals surface area (Å²) in [6.07, 6.45) is 0.647. The third kappa shape index (κ3) is 2.74. The second kappa shape index (κ2) is 6.50. The van der Waals surface area contributed by atoms with Crippen LogP contribution in [0.2, 0.25) is 0 Å². The van der Waals surface area contributed by atoms with Gasteiger partial charge >= 0.3 is 5.63 Å². The lowest BCUT2D eigenvalue weighted by atomic mass is 10.0. The maximum absolute atomic E-state index is 12.1. The van der Waals surface area contributed by atoms with Crippen LogP contribution in [0.3, 0.4) is 0 Å². The van der Waals surface area contributed by atoms with Gasteiger partial charge in [0.15, 0.2) is 6.73 Å². The first-order chi connectivity index (χ1) is 12.6. The number of hydrogen-bond acceptors (Lipinski definition) is 5. The molecule has 26 heavy (non-hydrogen) atoms. The number of ether oxygens (including phenoxy) is 1. The van der Waals surface area contributed by atoms with Gasteiger partial charge in [0.1, 0.15) is 11.3 Å². The summed E-state index contributed by atoms with van der Waals surface area (Å²) in [4.78, 5) is 14.2. The van der Waals surface area contributed by atoms with E-state index in [1.807, 2.05) is 43.3 Å². The summed E-state index contributed by atoms with van der Waals surface area (Å²) in [7, 11) is 0. The van der Waals surface area contributed by atoms with E-state index in [9.17, 15) is 4.79 Å². The van der Waals surface area contributed by atoms with E-state index in [0.29, 0.717) is 30.8 Å². The summed E-state index contributed by atoms with van der Waals surface area (Å²) >= 11 is 0. The number of aliphatic hydroxyl groups excluding tert-OH is 1. The van der Waals surface area contributed by atoms with Gasteiger partial charge in [-0.05, 0) is 55.7 Å². The Bertz CT molecular complexity index is 1020. The molecule has 1 aliphatic rings. The van der Waals surface area contributed by atoms with Crippen molar-refractivity contribution in [2.45, 2.75) is 26.8 Å². The zero-order valence-electron chi connectivity index (χ0n) is 14.9. The van der Waals surface area contributed by atoms with E-state index in [1.54, 1.807) is 6.92 Å². The number of aryl methyl sites for hydroxylation is 1. The smallest absolute Gasteiger partial charge is 0.339 e. The minimum absolute atomic E-state index is 0.142. The van der Waals surface area contributed by atoms with Gasteiger partial charge in [0, 0.05) is 23.2 Å². The van der Waals surface area contributed by atoms with E-state index in [4.69, 9.17) is 14.3 Å². The van der Waals surface area contributed by atoms with Crippen molar-refractivity contribution in [3.05, 3.63) is 69.1 Å². The highest BCUT2D eigenvalue weighted by atomic mass is 16.5. The van der Waals surface area contributed by atoms with Crippen molar-refractivity contribution in [2.24, 2.45) is 0 Å². The quantitative estimate of drug-likeness (QED) is 0.734. The first kappa shape index (κ1) is 16.7. The Labute approximate surface area is 151 Å². The Morgan fingerprint density at radius 2 is 1.85 bits per heavy atom. The van der Waals surface area contributed by atoms with Crippen LogP contribution in [0.5, 0.6) is 5.75 Å². The largest absolute Gasteiger partial charge is 0.473 e. The number of fused-ring (bicyclic) bond motifs is 3. The van der Waals surface area contributed by atoms with Crippen LogP contribution in [0.15, 0.2) is 45.6 Å². The summed E-state index contributed by atoms with van der Waals surface area (Å²) in [6.45, 7) is 4.92. The Balaban J connectivity index is 1.74. The molecule has 0 saturated heterocycles. The van der Waals surface area contributed by atoms with Crippen LogP contribution < -0.4 is 15.3 Å². The van der Waals surface area contributed by atoms with Crippen LogP contribution in [0, 0.1) is 13.8 Å². The average molecular weight is 351 g/mol. The second-order valence-electron chi connectivity index (χ2n) is 6.67. The van der Waals surface area contributed by atoms with E-state index < -0.39 is 0 Å². The molecule has 0 aliphatic carbocycles. The van der Waals surface area contributed by atoms with Crippen LogP contribution in [-0.4, -0.2) is 18.4 Å². The standard InChI is InChI=1S/C21H21NO4/c1-13-14(2)21(24)26-20-17(13)7-8-19-18(20)11-22(12-25-19)16-5-3-15(4-6-16)9-10-23/h3-8,23H,9-12H2,1-2H3. The number of hydrogen-bond donors (Lipinski definition) is 1. The molecule has 1 N–H and O–H groups in total. The van der Waals surface area contributed by atoms with Gasteiger partial charge in [0.25, 0.3) is 0 Å². The minimum Gasteiger partial charge on any atom is -0.473 e. The molecule has 0 bridgehead atoms. The van der Waals surface area contributed by atoms with Crippen LogP contribution in [0.25, 0.3) is 11.0 Å². The molecule has 5 nitrogen and oxygen atoms in total. The van der Waals surface area contributed by atoms with E-state index in [-0.39, 0.29) is 12.2 Å². The molecule has 0 fully saturated rings. The van der Waals surface area contributed by atoms with Crippen LogP contribution in [-0.2, 0) is 13.0 Å². The Morgan fingerprint density at radius 1 is 1.08 bits per heavy atom. The zero-order valence-corrected chi connectivity index (χ0v) is 14.9. The molecule has 2 heterocycles. The Kier molecular flexibility index (Phi) is 4.17. The summed E-state index contributed by atoms with van der Waals surface area (Å²) in [5, 5.41) is 9.99. The van der Waals surface area contributed by atoms with Crippen molar-refractivity contribution in [2.75, 3.05) is 18.2 Å². The zero-order chi connectivity index (χ0) is 18.3. The van der Waals surface area contributed by atoms with Gasteiger partial charge in [-0.3, -0.25) is 0 Å². The van der Waals surface area contributed by atoms with Crippen molar-refractivity contribution in [3.63, 3.8) is 0 Å². The third-order valence-corrected chi connectivity index (χ3v) is 5.11. The molecule has 134 valence electrons. The maximum atomic E-state index is 12.1. The van der Waals surface area contributed by atoms with Gasteiger partial charge in [-0.2, -0.15) is 0 Å². The fourth-order valence-corrected chi connectivity index (χ4v) is 3.38. The van der Waals surface area contributed by atoms with Gasteiger partial charge in [0.2, 0.25) is 0 Å². The van der Waals surface area contributed by atoms with Gasteiger partial charge in [-0.25, -0.2) is 4.79 Å². The monoisotopic (exact) mass is 351 g/mol. The van der Waals surface area contributed by atoms with Crippen LogP contribution in [0.1, 0.15) is 22.3 Å². The maximum Gasteiger partial charge on any atom is 0.339 e. The molecule has 0 amide bonds. The molecule has 0 radical (unpaired) electrons. The van der Waals surface area contributed by atoms with Crippen LogP contribution >= 0.6 is 0 Å². The molecule has 0 saturated carbocycles. The fourth-order valence-electron chi connectivity index (χ4n) is 3.38. The van der Waals surface area contributed by atoms with E-state index in [1.165, 1.54) is 0 Å². The summed E-state index contributed by atoms with van der Waals surface area (Å²) in [5.41, 5.74) is 4.92. The predicted molar refractivity (Wildman–Crippen MR) is 101 cm³/mol. The molecule has 1 aromatic heterocycles. The summed E-state index contributed by atoms with van der Waals surface area (Å²) in [6, 6.07) is 12.0. The third-order valence-electron chi connectivity index (χ3n) is 5.11.